The lowest BCUT2D eigenvalue weighted by molar-refractivity contribution is 0.259. The lowest BCUT2D eigenvalue weighted by Crippen LogP contribution is -2.35. The van der Waals surface area contributed by atoms with E-state index in [1.165, 1.54) is 21.3 Å². The average molecular weight is 337 g/mol. The Balaban J connectivity index is 2.19. The Kier molecular flexibility index (Phi) is 5.44. The minimum Gasteiger partial charge on any atom is -0.374 e. The van der Waals surface area contributed by atoms with Gasteiger partial charge in [0, 0.05) is 29.7 Å². The molecule has 0 saturated carbocycles. The zero-order chi connectivity index (χ0) is 16.9. The molecular weight excluding hydrogens is 316 g/mol. The molecule has 0 spiro atoms. The molecule has 0 bridgehead atoms. The summed E-state index contributed by atoms with van der Waals surface area (Å²) in [4.78, 5) is 7.95. The summed E-state index contributed by atoms with van der Waals surface area (Å²) in [6.45, 7) is 0.784. The summed E-state index contributed by atoms with van der Waals surface area (Å²) in [5.74, 6) is 0.644. The molecule has 0 N–H and O–H groups in total. The van der Waals surface area contributed by atoms with Gasteiger partial charge in [0.2, 0.25) is 0 Å². The van der Waals surface area contributed by atoms with Gasteiger partial charge < -0.3 is 4.74 Å². The summed E-state index contributed by atoms with van der Waals surface area (Å²) < 4.78 is 5.19. The zero-order valence-corrected chi connectivity index (χ0v) is 15.1. The normalized spacial score (nSPS) is 13.2. The van der Waals surface area contributed by atoms with Gasteiger partial charge in [-0.05, 0) is 20.2 Å². The van der Waals surface area contributed by atoms with Gasteiger partial charge in [0.05, 0.1) is 23.3 Å². The van der Waals surface area contributed by atoms with Crippen LogP contribution < -0.4 is 10.4 Å². The van der Waals surface area contributed by atoms with Crippen molar-refractivity contribution in [2.45, 2.75) is 4.90 Å². The average Bonchev–Trinajstić information content (AvgIpc) is 2.60. The Hall–Kier alpha value is -1.97. The van der Waals surface area contributed by atoms with Crippen molar-refractivity contribution in [2.24, 2.45) is 4.99 Å². The molecule has 122 valence electrons. The van der Waals surface area contributed by atoms with E-state index in [-0.39, 0.29) is 0 Å². The van der Waals surface area contributed by atoms with Gasteiger partial charge in [-0.25, -0.2) is 0 Å². The predicted molar refractivity (Wildman–Crippen MR) is 102 cm³/mol. The van der Waals surface area contributed by atoms with Gasteiger partial charge in [-0.15, -0.1) is 4.99 Å². The zero-order valence-electron chi connectivity index (χ0n) is 14.2. The van der Waals surface area contributed by atoms with Crippen LogP contribution >= 0.6 is 11.8 Å². The number of hydrogen-bond donors (Lipinski definition) is 0. The van der Waals surface area contributed by atoms with E-state index in [9.17, 15) is 0 Å². The van der Waals surface area contributed by atoms with Crippen molar-refractivity contribution in [3.8, 4) is 0 Å². The first-order valence-corrected chi connectivity index (χ1v) is 8.84. The summed E-state index contributed by atoms with van der Waals surface area (Å²) in [5.41, 5.74) is 3.43. The van der Waals surface area contributed by atoms with Gasteiger partial charge in [-0.2, -0.15) is 0 Å². The van der Waals surface area contributed by atoms with Crippen LogP contribution in [-0.2, 0) is 4.74 Å². The molecular formula is C20H21N2OS+. The topological polar surface area (TPSA) is 24.8 Å². The minimum atomic E-state index is 0.644. The highest BCUT2D eigenvalue weighted by Gasteiger charge is 2.22. The van der Waals surface area contributed by atoms with Crippen LogP contribution in [0, 0.1) is 0 Å². The van der Waals surface area contributed by atoms with Crippen molar-refractivity contribution >= 4 is 29.2 Å². The molecule has 3 rings (SSSR count). The molecule has 3 nitrogen and oxygen atoms in total. The molecule has 4 heteroatoms. The van der Waals surface area contributed by atoms with Crippen LogP contribution in [0.5, 0.6) is 0 Å². The molecule has 0 aromatic heterocycles. The van der Waals surface area contributed by atoms with E-state index in [1.54, 1.807) is 18.9 Å². The maximum atomic E-state index is 5.19. The second kappa shape index (κ2) is 7.73. The number of rotatable bonds is 6. The van der Waals surface area contributed by atoms with Crippen LogP contribution in [0.2, 0.25) is 0 Å². The van der Waals surface area contributed by atoms with E-state index in [0.29, 0.717) is 5.94 Å². The van der Waals surface area contributed by atoms with E-state index in [2.05, 4.69) is 72.7 Å². The first-order valence-electron chi connectivity index (χ1n) is 7.85. The first-order chi connectivity index (χ1) is 11.7. The van der Waals surface area contributed by atoms with Crippen molar-refractivity contribution in [1.29, 1.82) is 0 Å². The Morgan fingerprint density at radius 1 is 1.12 bits per heavy atom. The number of ether oxygens (including phenoxy) is 1. The van der Waals surface area contributed by atoms with Crippen LogP contribution in [0.1, 0.15) is 5.56 Å². The largest absolute Gasteiger partial charge is 0.374 e. The molecule has 0 aliphatic carbocycles. The van der Waals surface area contributed by atoms with Crippen LogP contribution in [0.15, 0.2) is 58.4 Å². The highest BCUT2D eigenvalue weighted by molar-refractivity contribution is 7.99. The minimum absolute atomic E-state index is 0.644. The van der Waals surface area contributed by atoms with Crippen molar-refractivity contribution < 1.29 is 4.74 Å². The third-order valence-electron chi connectivity index (χ3n) is 3.73. The van der Waals surface area contributed by atoms with Crippen LogP contribution in [0.25, 0.3) is 11.8 Å². The van der Waals surface area contributed by atoms with E-state index >= 15 is 0 Å². The molecule has 0 amide bonds. The fourth-order valence-electron chi connectivity index (χ4n) is 2.72. The lowest BCUT2D eigenvalue weighted by Gasteiger charge is -2.12. The highest BCUT2D eigenvalue weighted by atomic mass is 32.2. The van der Waals surface area contributed by atoms with Crippen molar-refractivity contribution in [3.63, 3.8) is 0 Å². The standard InChI is InChI=1S/C20H21N2OS/c1-22(2)13-19-20(15-7-5-4-6-8-15)18-11-17(24-14-23-3)10-9-16(18)12-21-19/h4-11H,13-14H2,1-3H3/q+1. The van der Waals surface area contributed by atoms with Gasteiger partial charge in [0.1, 0.15) is 6.20 Å². The molecule has 0 radical (unpaired) electrons. The van der Waals surface area contributed by atoms with Gasteiger partial charge in [-0.1, -0.05) is 42.1 Å². The van der Waals surface area contributed by atoms with Crippen LogP contribution in [0.3, 0.4) is 0 Å². The monoisotopic (exact) mass is 337 g/mol. The Morgan fingerprint density at radius 2 is 1.92 bits per heavy atom. The first kappa shape index (κ1) is 16.9. The Morgan fingerprint density at radius 3 is 2.62 bits per heavy atom. The summed E-state index contributed by atoms with van der Waals surface area (Å²) in [7, 11) is 5.84. The number of benzene rings is 2. The SMILES string of the molecule is COCSc1ccc2c(c1)=C(c1ccccc1)C(CN(C)C)=N[C+]=2. The second-order valence-corrected chi connectivity index (χ2v) is 6.90. The molecule has 0 fully saturated rings. The predicted octanol–water partition coefficient (Wildman–Crippen LogP) is 2.21. The molecule has 0 unspecified atom stereocenters. The molecule has 1 aliphatic rings. The van der Waals surface area contributed by atoms with E-state index in [1.807, 2.05) is 6.07 Å². The molecule has 1 aliphatic heterocycles. The van der Waals surface area contributed by atoms with Gasteiger partial charge in [-0.3, -0.25) is 4.90 Å². The number of hydrogen-bond acceptors (Lipinski definition) is 4. The van der Waals surface area contributed by atoms with E-state index in [0.717, 1.165) is 17.5 Å². The number of fused-ring (bicyclic) bond motifs is 1. The third-order valence-corrected chi connectivity index (χ3v) is 4.67. The molecule has 2 aromatic carbocycles. The van der Waals surface area contributed by atoms with Crippen molar-refractivity contribution in [1.82, 2.24) is 4.90 Å². The number of aliphatic imine (C=N–C) groups is 1. The second-order valence-electron chi connectivity index (χ2n) is 5.91. The summed E-state index contributed by atoms with van der Waals surface area (Å²) in [6.07, 6.45) is 3.20. The summed E-state index contributed by atoms with van der Waals surface area (Å²) in [6, 6.07) is 16.9. The molecule has 0 saturated heterocycles. The van der Waals surface area contributed by atoms with E-state index in [4.69, 9.17) is 4.74 Å². The molecule has 0 atom stereocenters. The van der Waals surface area contributed by atoms with Crippen molar-refractivity contribution in [3.05, 3.63) is 64.5 Å². The molecule has 24 heavy (non-hydrogen) atoms. The van der Waals surface area contributed by atoms with Gasteiger partial charge in [0.15, 0.2) is 10.9 Å². The van der Waals surface area contributed by atoms with Gasteiger partial charge in [0.25, 0.3) is 0 Å². The number of nitrogens with zero attached hydrogens (tertiary/aromatic N) is 2. The fraction of sp³-hybridized carbons (Fsp3) is 0.250. The maximum absolute atomic E-state index is 5.19. The quantitative estimate of drug-likeness (QED) is 0.459. The van der Waals surface area contributed by atoms with Gasteiger partial charge >= 0.3 is 0 Å². The van der Waals surface area contributed by atoms with Crippen LogP contribution in [-0.4, -0.2) is 44.3 Å². The number of thioether (sulfide) groups is 1. The van der Waals surface area contributed by atoms with Crippen molar-refractivity contribution in [2.75, 3.05) is 33.7 Å². The summed E-state index contributed by atoms with van der Waals surface area (Å²) >= 11 is 1.69. The Labute approximate surface area is 147 Å². The molecule has 2 aromatic rings. The fourth-order valence-corrected chi connectivity index (χ4v) is 3.34. The number of methoxy groups -OCH3 is 1. The van der Waals surface area contributed by atoms with Crippen LogP contribution in [0.4, 0.5) is 0 Å². The highest BCUT2D eigenvalue weighted by Crippen LogP contribution is 2.18. The smallest absolute Gasteiger partial charge is 0.176 e. The molecule has 1 heterocycles. The Bertz CT molecular complexity index is 857. The summed E-state index contributed by atoms with van der Waals surface area (Å²) in [5, 5.41) is 2.23. The third kappa shape index (κ3) is 3.74. The van der Waals surface area contributed by atoms with E-state index < -0.39 is 0 Å². The lowest BCUT2D eigenvalue weighted by atomic mass is 9.96. The maximum Gasteiger partial charge on any atom is 0.176 e.